The number of fused-ring (bicyclic) bond motifs is 1. The second kappa shape index (κ2) is 8.60. The molecule has 0 bridgehead atoms. The van der Waals surface area contributed by atoms with E-state index in [1.165, 1.54) is 35.2 Å². The van der Waals surface area contributed by atoms with Crippen LogP contribution in [0, 0.1) is 5.82 Å². The van der Waals surface area contributed by atoms with Crippen molar-refractivity contribution in [2.45, 2.75) is 18.7 Å². The second-order valence-electron chi connectivity index (χ2n) is 5.35. The SMILES string of the molecule is O=c1sc2ccccc2n1CCCOC(=S)SCc1ccc(F)cc1. The van der Waals surface area contributed by atoms with Gasteiger partial charge in [0.25, 0.3) is 0 Å². The van der Waals surface area contributed by atoms with E-state index in [0.29, 0.717) is 29.7 Å². The van der Waals surface area contributed by atoms with E-state index in [9.17, 15) is 9.18 Å². The molecule has 1 aromatic heterocycles. The molecule has 0 amide bonds. The minimum atomic E-state index is -0.247. The van der Waals surface area contributed by atoms with E-state index >= 15 is 0 Å². The van der Waals surface area contributed by atoms with Crippen molar-refractivity contribution in [2.24, 2.45) is 0 Å². The van der Waals surface area contributed by atoms with Gasteiger partial charge in [-0.1, -0.05) is 47.4 Å². The van der Waals surface area contributed by atoms with E-state index in [4.69, 9.17) is 17.0 Å². The number of benzene rings is 2. The Labute approximate surface area is 158 Å². The normalized spacial score (nSPS) is 10.9. The van der Waals surface area contributed by atoms with Crippen LogP contribution >= 0.6 is 35.3 Å². The third kappa shape index (κ3) is 4.90. The van der Waals surface area contributed by atoms with Gasteiger partial charge in [0.1, 0.15) is 5.82 Å². The summed E-state index contributed by atoms with van der Waals surface area (Å²) in [6.45, 7) is 1.07. The van der Waals surface area contributed by atoms with Gasteiger partial charge in [-0.15, -0.1) is 0 Å². The number of para-hydroxylation sites is 1. The smallest absolute Gasteiger partial charge is 0.308 e. The average molecular weight is 394 g/mol. The van der Waals surface area contributed by atoms with Crippen LogP contribution in [0.25, 0.3) is 10.2 Å². The summed E-state index contributed by atoms with van der Waals surface area (Å²) in [6.07, 6.45) is 0.706. The van der Waals surface area contributed by atoms with E-state index in [1.54, 1.807) is 16.7 Å². The summed E-state index contributed by atoms with van der Waals surface area (Å²) in [6, 6.07) is 14.1. The van der Waals surface area contributed by atoms with Crippen molar-refractivity contribution < 1.29 is 9.13 Å². The Morgan fingerprint density at radius 3 is 2.76 bits per heavy atom. The second-order valence-corrected chi connectivity index (χ2v) is 7.93. The summed E-state index contributed by atoms with van der Waals surface area (Å²) in [5.41, 5.74) is 1.96. The van der Waals surface area contributed by atoms with Crippen molar-refractivity contribution >= 4 is 49.9 Å². The molecule has 0 aliphatic rings. The molecule has 7 heteroatoms. The molecule has 0 N–H and O–H groups in total. The molecule has 3 aromatic rings. The van der Waals surface area contributed by atoms with Crippen LogP contribution in [-0.2, 0) is 17.0 Å². The van der Waals surface area contributed by atoms with Crippen molar-refractivity contribution in [1.82, 2.24) is 4.57 Å². The van der Waals surface area contributed by atoms with Crippen molar-refractivity contribution in [1.29, 1.82) is 0 Å². The molecule has 2 aromatic carbocycles. The Balaban J connectivity index is 1.43. The van der Waals surface area contributed by atoms with Gasteiger partial charge >= 0.3 is 4.87 Å². The number of ether oxygens (including phenoxy) is 1. The van der Waals surface area contributed by atoms with Gasteiger partial charge in [-0.05, 0) is 48.5 Å². The predicted octanol–water partition coefficient (Wildman–Crippen LogP) is 4.83. The maximum Gasteiger partial charge on any atom is 0.308 e. The summed E-state index contributed by atoms with van der Waals surface area (Å²) in [5.74, 6) is 0.400. The third-order valence-electron chi connectivity index (χ3n) is 3.59. The highest BCUT2D eigenvalue weighted by molar-refractivity contribution is 8.22. The maximum absolute atomic E-state index is 12.9. The van der Waals surface area contributed by atoms with Gasteiger partial charge in [-0.25, -0.2) is 4.39 Å². The van der Waals surface area contributed by atoms with Gasteiger partial charge in [-0.2, -0.15) is 0 Å². The van der Waals surface area contributed by atoms with Gasteiger partial charge in [0.15, 0.2) is 0 Å². The molecule has 3 rings (SSSR count). The van der Waals surface area contributed by atoms with Crippen LogP contribution in [0.1, 0.15) is 12.0 Å². The fourth-order valence-electron chi connectivity index (χ4n) is 2.37. The number of thiazole rings is 1. The number of aromatic nitrogens is 1. The number of halogens is 1. The lowest BCUT2D eigenvalue weighted by Crippen LogP contribution is -2.14. The average Bonchev–Trinajstić information content (AvgIpc) is 2.93. The highest BCUT2D eigenvalue weighted by Crippen LogP contribution is 2.18. The number of rotatable bonds is 6. The lowest BCUT2D eigenvalue weighted by Gasteiger charge is -2.08. The van der Waals surface area contributed by atoms with Crippen LogP contribution in [0.15, 0.2) is 53.3 Å². The van der Waals surface area contributed by atoms with E-state index in [2.05, 4.69) is 0 Å². The van der Waals surface area contributed by atoms with E-state index in [-0.39, 0.29) is 10.7 Å². The Morgan fingerprint density at radius 2 is 1.96 bits per heavy atom. The molecule has 130 valence electrons. The van der Waals surface area contributed by atoms with Crippen LogP contribution in [-0.4, -0.2) is 15.6 Å². The van der Waals surface area contributed by atoms with E-state index in [0.717, 1.165) is 15.8 Å². The first-order valence-electron chi connectivity index (χ1n) is 7.76. The first-order chi connectivity index (χ1) is 12.1. The lowest BCUT2D eigenvalue weighted by atomic mass is 10.2. The molecule has 0 aliphatic carbocycles. The van der Waals surface area contributed by atoms with Gasteiger partial charge < -0.3 is 4.74 Å². The van der Waals surface area contributed by atoms with Crippen molar-refractivity contribution in [3.63, 3.8) is 0 Å². The van der Waals surface area contributed by atoms with Crippen molar-refractivity contribution in [3.8, 4) is 0 Å². The molecule has 0 unspecified atom stereocenters. The molecule has 0 spiro atoms. The monoisotopic (exact) mass is 393 g/mol. The number of thioether (sulfide) groups is 1. The summed E-state index contributed by atoms with van der Waals surface area (Å²) in [7, 11) is 0. The van der Waals surface area contributed by atoms with Crippen molar-refractivity contribution in [2.75, 3.05) is 6.61 Å². The molecule has 0 saturated carbocycles. The first-order valence-corrected chi connectivity index (χ1v) is 9.97. The number of hydrogen-bond acceptors (Lipinski definition) is 5. The summed E-state index contributed by atoms with van der Waals surface area (Å²) in [4.78, 5) is 12.1. The molecular weight excluding hydrogens is 377 g/mol. The lowest BCUT2D eigenvalue weighted by molar-refractivity contribution is 0.305. The van der Waals surface area contributed by atoms with E-state index < -0.39 is 0 Å². The molecule has 0 saturated heterocycles. The topological polar surface area (TPSA) is 31.2 Å². The Kier molecular flexibility index (Phi) is 6.23. The zero-order chi connectivity index (χ0) is 17.6. The Hall–Kier alpha value is -1.70. The Morgan fingerprint density at radius 1 is 1.20 bits per heavy atom. The molecule has 0 fully saturated rings. The largest absolute Gasteiger partial charge is 0.479 e. The molecule has 25 heavy (non-hydrogen) atoms. The maximum atomic E-state index is 12.9. The quantitative estimate of drug-likeness (QED) is 0.443. The minimum absolute atomic E-state index is 0.0504. The number of thiocarbonyl (C=S) groups is 1. The highest BCUT2D eigenvalue weighted by Gasteiger charge is 2.07. The fourth-order valence-corrected chi connectivity index (χ4v) is 4.19. The molecular formula is C18H16FNO2S3. The van der Waals surface area contributed by atoms with Crippen LogP contribution in [0.3, 0.4) is 0 Å². The number of nitrogens with zero attached hydrogens (tertiary/aromatic N) is 1. The summed E-state index contributed by atoms with van der Waals surface area (Å²) >= 11 is 7.86. The van der Waals surface area contributed by atoms with Crippen LogP contribution in [0.2, 0.25) is 0 Å². The van der Waals surface area contributed by atoms with Crippen LogP contribution in [0.5, 0.6) is 0 Å². The van der Waals surface area contributed by atoms with Gasteiger partial charge in [-0.3, -0.25) is 9.36 Å². The third-order valence-corrected chi connectivity index (χ3v) is 5.85. The number of hydrogen-bond donors (Lipinski definition) is 0. The van der Waals surface area contributed by atoms with E-state index in [1.807, 2.05) is 24.3 Å². The predicted molar refractivity (Wildman–Crippen MR) is 107 cm³/mol. The zero-order valence-corrected chi connectivity index (χ0v) is 15.8. The molecule has 3 nitrogen and oxygen atoms in total. The van der Waals surface area contributed by atoms with Gasteiger partial charge in [0, 0.05) is 12.3 Å². The molecule has 1 heterocycles. The van der Waals surface area contributed by atoms with Crippen LogP contribution in [0.4, 0.5) is 4.39 Å². The molecule has 0 atom stereocenters. The fraction of sp³-hybridized carbons (Fsp3) is 0.222. The standard InChI is InChI=1S/C18H16FNO2S3/c19-14-8-6-13(7-9-14)12-24-18(23)22-11-3-10-20-15-4-1-2-5-16(15)25-17(20)21/h1-2,4-9H,3,10-12H2. The molecule has 0 aliphatic heterocycles. The Bertz CT molecular complexity index is 918. The zero-order valence-electron chi connectivity index (χ0n) is 13.3. The molecule has 0 radical (unpaired) electrons. The van der Waals surface area contributed by atoms with Crippen LogP contribution < -0.4 is 4.87 Å². The number of aryl methyl sites for hydroxylation is 1. The minimum Gasteiger partial charge on any atom is -0.479 e. The van der Waals surface area contributed by atoms with Gasteiger partial charge in [0.2, 0.25) is 4.38 Å². The summed E-state index contributed by atoms with van der Waals surface area (Å²) in [5, 5.41) is 0. The first kappa shape index (κ1) is 18.1. The van der Waals surface area contributed by atoms with Gasteiger partial charge in [0.05, 0.1) is 16.8 Å². The summed E-state index contributed by atoms with van der Waals surface area (Å²) < 4.78 is 21.6. The highest BCUT2D eigenvalue weighted by atomic mass is 32.2. The van der Waals surface area contributed by atoms with Crippen molar-refractivity contribution in [3.05, 3.63) is 69.6 Å².